The molecule has 1 heterocycles. The lowest BCUT2D eigenvalue weighted by Gasteiger charge is -2.45. The Morgan fingerprint density at radius 1 is 0.710 bits per heavy atom. The van der Waals surface area contributed by atoms with Crippen LogP contribution in [-0.2, 0) is 9.59 Å². The molecule has 0 radical (unpaired) electrons. The zero-order chi connectivity index (χ0) is 21.3. The molecule has 3 aromatic carbocycles. The zero-order valence-electron chi connectivity index (χ0n) is 16.3. The first-order valence-electron chi connectivity index (χ1n) is 10.2. The molecular formula is C25H17BrN2O3. The number of amides is 3. The predicted octanol–water partition coefficient (Wildman–Crippen LogP) is 3.99. The number of rotatable bonds is 2. The lowest BCUT2D eigenvalue weighted by atomic mass is 9.55. The maximum absolute atomic E-state index is 13.5. The minimum atomic E-state index is -0.507. The molecule has 0 spiro atoms. The number of hydrogen-bond acceptors (Lipinski definition) is 3. The summed E-state index contributed by atoms with van der Waals surface area (Å²) in [6.07, 6.45) is 0. The molecule has 0 saturated carbocycles. The number of hydrogen-bond donors (Lipinski definition) is 1. The zero-order valence-corrected chi connectivity index (χ0v) is 17.9. The van der Waals surface area contributed by atoms with Crippen molar-refractivity contribution in [3.05, 3.63) is 105 Å². The lowest BCUT2D eigenvalue weighted by Crippen LogP contribution is -2.46. The normalized spacial score (nSPS) is 25.1. The fourth-order valence-corrected chi connectivity index (χ4v) is 5.82. The van der Waals surface area contributed by atoms with Crippen molar-refractivity contribution in [2.45, 2.75) is 11.8 Å². The van der Waals surface area contributed by atoms with E-state index in [1.54, 1.807) is 24.3 Å². The Morgan fingerprint density at radius 2 is 1.13 bits per heavy atom. The van der Waals surface area contributed by atoms with Crippen LogP contribution in [0.2, 0.25) is 0 Å². The molecule has 4 aliphatic rings. The number of halogens is 1. The lowest BCUT2D eigenvalue weighted by molar-refractivity contribution is -0.142. The van der Waals surface area contributed by atoms with Gasteiger partial charge in [-0.25, -0.2) is 0 Å². The molecule has 5 nitrogen and oxygen atoms in total. The molecule has 2 bridgehead atoms. The van der Waals surface area contributed by atoms with Crippen LogP contribution in [0.3, 0.4) is 0 Å². The summed E-state index contributed by atoms with van der Waals surface area (Å²) in [6, 6.07) is 22.9. The number of nitrogens with zero attached hydrogens (tertiary/aromatic N) is 1. The molecule has 152 valence electrons. The first-order valence-corrected chi connectivity index (χ1v) is 11.0. The first-order chi connectivity index (χ1) is 15.1. The summed E-state index contributed by atoms with van der Waals surface area (Å²) < 4.78 is 0.843. The largest absolute Gasteiger partial charge is 0.272 e. The van der Waals surface area contributed by atoms with Gasteiger partial charge < -0.3 is 0 Å². The monoisotopic (exact) mass is 472 g/mol. The third-order valence-corrected chi connectivity index (χ3v) is 7.30. The average Bonchev–Trinajstić information content (AvgIpc) is 3.05. The van der Waals surface area contributed by atoms with E-state index in [0.29, 0.717) is 5.56 Å². The van der Waals surface area contributed by atoms with Crippen LogP contribution in [-0.4, -0.2) is 22.7 Å². The molecule has 6 heteroatoms. The smallest absolute Gasteiger partial charge is 0.270 e. The van der Waals surface area contributed by atoms with E-state index in [1.165, 1.54) is 0 Å². The van der Waals surface area contributed by atoms with Crippen molar-refractivity contribution in [2.75, 3.05) is 0 Å². The molecule has 1 saturated heterocycles. The van der Waals surface area contributed by atoms with Gasteiger partial charge >= 0.3 is 0 Å². The molecule has 0 aromatic heterocycles. The van der Waals surface area contributed by atoms with E-state index in [0.717, 1.165) is 31.7 Å². The predicted molar refractivity (Wildman–Crippen MR) is 117 cm³/mol. The molecule has 0 unspecified atom stereocenters. The molecule has 3 amide bonds. The Morgan fingerprint density at radius 3 is 1.55 bits per heavy atom. The van der Waals surface area contributed by atoms with Crippen LogP contribution in [0.25, 0.3) is 0 Å². The summed E-state index contributed by atoms with van der Waals surface area (Å²) in [7, 11) is 0. The van der Waals surface area contributed by atoms with Crippen molar-refractivity contribution in [3.63, 3.8) is 0 Å². The second kappa shape index (κ2) is 6.62. The third-order valence-electron chi connectivity index (χ3n) is 6.77. The van der Waals surface area contributed by atoms with Crippen LogP contribution in [0.5, 0.6) is 0 Å². The Bertz CT molecular complexity index is 1150. The molecule has 2 atom stereocenters. The Balaban J connectivity index is 1.41. The van der Waals surface area contributed by atoms with Gasteiger partial charge in [0.15, 0.2) is 0 Å². The number of imide groups is 1. The molecule has 7 rings (SSSR count). The number of hydrazine groups is 1. The maximum Gasteiger partial charge on any atom is 0.270 e. The van der Waals surface area contributed by atoms with Crippen molar-refractivity contribution in [1.29, 1.82) is 0 Å². The summed E-state index contributed by atoms with van der Waals surface area (Å²) in [5.74, 6) is -2.53. The van der Waals surface area contributed by atoms with Gasteiger partial charge in [-0.2, -0.15) is 5.01 Å². The third kappa shape index (κ3) is 2.51. The minimum Gasteiger partial charge on any atom is -0.272 e. The number of nitrogens with one attached hydrogen (secondary N) is 1. The highest BCUT2D eigenvalue weighted by molar-refractivity contribution is 9.10. The van der Waals surface area contributed by atoms with Gasteiger partial charge in [0.2, 0.25) is 0 Å². The van der Waals surface area contributed by atoms with Crippen molar-refractivity contribution < 1.29 is 14.4 Å². The molecule has 1 fully saturated rings. The molecular weight excluding hydrogens is 456 g/mol. The Hall–Kier alpha value is -3.25. The van der Waals surface area contributed by atoms with Crippen LogP contribution in [0.4, 0.5) is 0 Å². The van der Waals surface area contributed by atoms with E-state index in [4.69, 9.17) is 0 Å². The Kier molecular flexibility index (Phi) is 3.96. The molecule has 1 N–H and O–H groups in total. The SMILES string of the molecule is O=C(NN1C(=O)[C@@H]2C3c4ccccc4C(c4ccccc43)[C@H]2C1=O)c1ccc(Br)cc1. The van der Waals surface area contributed by atoms with Crippen LogP contribution in [0, 0.1) is 11.8 Å². The van der Waals surface area contributed by atoms with Crippen LogP contribution < -0.4 is 5.43 Å². The van der Waals surface area contributed by atoms with E-state index >= 15 is 0 Å². The topological polar surface area (TPSA) is 66.5 Å². The van der Waals surface area contributed by atoms with Crippen molar-refractivity contribution in [3.8, 4) is 0 Å². The first kappa shape index (κ1) is 18.5. The van der Waals surface area contributed by atoms with E-state index in [-0.39, 0.29) is 23.7 Å². The second-order valence-electron chi connectivity index (χ2n) is 8.22. The summed E-state index contributed by atoms with van der Waals surface area (Å²) >= 11 is 3.34. The highest BCUT2D eigenvalue weighted by atomic mass is 79.9. The molecule has 3 aliphatic carbocycles. The van der Waals surface area contributed by atoms with E-state index in [1.807, 2.05) is 24.3 Å². The van der Waals surface area contributed by atoms with Crippen molar-refractivity contribution in [1.82, 2.24) is 10.4 Å². The van der Waals surface area contributed by atoms with E-state index in [2.05, 4.69) is 45.6 Å². The Labute approximate surface area is 187 Å². The maximum atomic E-state index is 13.5. The van der Waals surface area contributed by atoms with Gasteiger partial charge in [-0.3, -0.25) is 19.8 Å². The van der Waals surface area contributed by atoms with Gasteiger partial charge in [0.1, 0.15) is 0 Å². The summed E-state index contributed by atoms with van der Waals surface area (Å²) in [5, 5.41) is 0.956. The number of carbonyl (C=O) groups is 3. The van der Waals surface area contributed by atoms with Gasteiger partial charge in [0.25, 0.3) is 17.7 Å². The van der Waals surface area contributed by atoms with Crippen LogP contribution >= 0.6 is 15.9 Å². The van der Waals surface area contributed by atoms with Gasteiger partial charge in [0, 0.05) is 21.9 Å². The van der Waals surface area contributed by atoms with E-state index < -0.39 is 17.7 Å². The standard InChI is InChI=1S/C25H17BrN2O3/c26-14-11-9-13(10-12-14)23(29)27-28-24(30)21-19-15-5-1-2-6-16(15)20(22(21)25(28)31)18-8-4-3-7-17(18)19/h1-12,19-22H,(H,27,29)/t19?,20?,21-,22-/m1/s1. The van der Waals surface area contributed by atoms with Crippen molar-refractivity contribution in [2.24, 2.45) is 11.8 Å². The fraction of sp³-hybridized carbons (Fsp3) is 0.160. The molecule has 1 aliphatic heterocycles. The van der Waals surface area contributed by atoms with E-state index in [9.17, 15) is 14.4 Å². The minimum absolute atomic E-state index is 0.187. The van der Waals surface area contributed by atoms with Gasteiger partial charge in [-0.15, -0.1) is 0 Å². The number of carbonyl (C=O) groups excluding carboxylic acids is 3. The van der Waals surface area contributed by atoms with Gasteiger partial charge in [0.05, 0.1) is 11.8 Å². The number of benzene rings is 3. The molecule has 3 aromatic rings. The van der Waals surface area contributed by atoms with Crippen molar-refractivity contribution >= 4 is 33.7 Å². The van der Waals surface area contributed by atoms with Gasteiger partial charge in [-0.1, -0.05) is 64.5 Å². The summed E-state index contributed by atoms with van der Waals surface area (Å²) in [4.78, 5) is 39.7. The van der Waals surface area contributed by atoms with Crippen LogP contribution in [0.15, 0.2) is 77.3 Å². The van der Waals surface area contributed by atoms with Crippen LogP contribution in [0.1, 0.15) is 44.4 Å². The van der Waals surface area contributed by atoms with Gasteiger partial charge in [-0.05, 0) is 46.5 Å². The average molecular weight is 473 g/mol. The molecule has 31 heavy (non-hydrogen) atoms. The highest BCUT2D eigenvalue weighted by Crippen LogP contribution is 2.60. The second-order valence-corrected chi connectivity index (χ2v) is 9.14. The summed E-state index contributed by atoms with van der Waals surface area (Å²) in [6.45, 7) is 0. The summed E-state index contributed by atoms with van der Waals surface area (Å²) in [5.41, 5.74) is 7.38. The highest BCUT2D eigenvalue weighted by Gasteiger charge is 2.62. The quantitative estimate of drug-likeness (QED) is 0.573. The fourth-order valence-electron chi connectivity index (χ4n) is 5.55.